The van der Waals surface area contributed by atoms with E-state index >= 15 is 0 Å². The zero-order valence-electron chi connectivity index (χ0n) is 8.09. The molecular formula is C10H11N3S. The van der Waals surface area contributed by atoms with Crippen LogP contribution in [0.2, 0.25) is 0 Å². The Morgan fingerprint density at radius 2 is 2.14 bits per heavy atom. The number of rotatable bonds is 1. The van der Waals surface area contributed by atoms with Crippen molar-refractivity contribution in [3.63, 3.8) is 0 Å². The molecule has 0 aliphatic carbocycles. The van der Waals surface area contributed by atoms with E-state index in [0.29, 0.717) is 4.64 Å². The van der Waals surface area contributed by atoms with Crippen LogP contribution in [0.5, 0.6) is 0 Å². The maximum Gasteiger partial charge on any atom is 0.133 e. The number of aryl methyl sites for hydroxylation is 1. The van der Waals surface area contributed by atoms with Gasteiger partial charge in [-0.3, -0.25) is 0 Å². The van der Waals surface area contributed by atoms with Crippen LogP contribution < -0.4 is 0 Å². The van der Waals surface area contributed by atoms with Crippen molar-refractivity contribution in [3.8, 4) is 11.4 Å². The number of H-pyrrole nitrogens is 2. The predicted molar refractivity (Wildman–Crippen MR) is 58.7 cm³/mol. The minimum atomic E-state index is 0.658. The van der Waals surface area contributed by atoms with Crippen LogP contribution in [-0.2, 0) is 0 Å². The Kier molecular flexibility index (Phi) is 2.21. The molecule has 2 rings (SSSR count). The van der Waals surface area contributed by atoms with Crippen molar-refractivity contribution in [3.05, 3.63) is 34.4 Å². The van der Waals surface area contributed by atoms with Crippen LogP contribution in [0.15, 0.2) is 18.3 Å². The van der Waals surface area contributed by atoms with Crippen molar-refractivity contribution in [2.24, 2.45) is 0 Å². The summed E-state index contributed by atoms with van der Waals surface area (Å²) in [7, 11) is 0. The zero-order valence-corrected chi connectivity index (χ0v) is 8.90. The summed E-state index contributed by atoms with van der Waals surface area (Å²) < 4.78 is 0.658. The highest BCUT2D eigenvalue weighted by atomic mass is 32.1. The summed E-state index contributed by atoms with van der Waals surface area (Å²) in [6.07, 6.45) is 1.89. The zero-order chi connectivity index (χ0) is 10.1. The van der Waals surface area contributed by atoms with E-state index in [-0.39, 0.29) is 0 Å². The average molecular weight is 205 g/mol. The van der Waals surface area contributed by atoms with Gasteiger partial charge in [0.15, 0.2) is 0 Å². The van der Waals surface area contributed by atoms with E-state index in [9.17, 15) is 0 Å². The number of aromatic amines is 2. The molecule has 0 bridgehead atoms. The van der Waals surface area contributed by atoms with Crippen molar-refractivity contribution >= 4 is 12.2 Å². The van der Waals surface area contributed by atoms with Crippen LogP contribution >= 0.6 is 12.2 Å². The van der Waals surface area contributed by atoms with Gasteiger partial charge in [0, 0.05) is 11.8 Å². The number of aromatic nitrogens is 3. The minimum absolute atomic E-state index is 0.658. The lowest BCUT2D eigenvalue weighted by Gasteiger charge is -2.05. The minimum Gasteiger partial charge on any atom is -0.360 e. The fraction of sp³-hybridized carbons (Fsp3) is 0.200. The summed E-state index contributed by atoms with van der Waals surface area (Å²) in [5.41, 5.74) is 3.07. The molecule has 2 heterocycles. The van der Waals surface area contributed by atoms with Crippen molar-refractivity contribution in [2.75, 3.05) is 0 Å². The molecule has 0 spiro atoms. The first-order chi connectivity index (χ1) is 6.68. The normalized spacial score (nSPS) is 10.4. The quantitative estimate of drug-likeness (QED) is 0.703. The molecule has 72 valence electrons. The SMILES string of the molecule is Cc1nc(=S)c(C)c(-c2ccc[nH]2)[nH]1. The summed E-state index contributed by atoms with van der Waals surface area (Å²) in [4.78, 5) is 10.5. The summed E-state index contributed by atoms with van der Waals surface area (Å²) in [6.45, 7) is 3.88. The van der Waals surface area contributed by atoms with Gasteiger partial charge in [-0.05, 0) is 26.0 Å². The van der Waals surface area contributed by atoms with Crippen LogP contribution in [0.25, 0.3) is 11.4 Å². The van der Waals surface area contributed by atoms with E-state index in [2.05, 4.69) is 15.0 Å². The Morgan fingerprint density at radius 3 is 2.79 bits per heavy atom. The molecule has 0 aliphatic heterocycles. The molecule has 0 unspecified atom stereocenters. The molecule has 3 nitrogen and oxygen atoms in total. The second-order valence-corrected chi connectivity index (χ2v) is 3.60. The lowest BCUT2D eigenvalue weighted by Crippen LogP contribution is -1.96. The number of nitrogens with zero attached hydrogens (tertiary/aromatic N) is 1. The third-order valence-corrected chi connectivity index (χ3v) is 2.54. The monoisotopic (exact) mass is 205 g/mol. The summed E-state index contributed by atoms with van der Waals surface area (Å²) >= 11 is 5.16. The second kappa shape index (κ2) is 3.38. The molecule has 0 aromatic carbocycles. The fourth-order valence-corrected chi connectivity index (χ4v) is 1.64. The van der Waals surface area contributed by atoms with Gasteiger partial charge in [0.25, 0.3) is 0 Å². The van der Waals surface area contributed by atoms with Gasteiger partial charge in [-0.15, -0.1) is 0 Å². The van der Waals surface area contributed by atoms with Gasteiger partial charge in [-0.1, -0.05) is 12.2 Å². The van der Waals surface area contributed by atoms with Gasteiger partial charge in [0.05, 0.1) is 11.4 Å². The first-order valence-electron chi connectivity index (χ1n) is 4.40. The van der Waals surface area contributed by atoms with E-state index in [4.69, 9.17) is 12.2 Å². The smallest absolute Gasteiger partial charge is 0.133 e. The van der Waals surface area contributed by atoms with Gasteiger partial charge in [0.2, 0.25) is 0 Å². The molecule has 2 N–H and O–H groups in total. The number of hydrogen-bond acceptors (Lipinski definition) is 2. The largest absolute Gasteiger partial charge is 0.360 e. The van der Waals surface area contributed by atoms with Crippen molar-refractivity contribution in [1.29, 1.82) is 0 Å². The topological polar surface area (TPSA) is 44.5 Å². The highest BCUT2D eigenvalue weighted by Gasteiger charge is 2.05. The van der Waals surface area contributed by atoms with Gasteiger partial charge in [-0.25, -0.2) is 4.98 Å². The Morgan fingerprint density at radius 1 is 1.36 bits per heavy atom. The molecule has 0 aliphatic rings. The third kappa shape index (κ3) is 1.48. The molecule has 14 heavy (non-hydrogen) atoms. The van der Waals surface area contributed by atoms with E-state index in [1.165, 1.54) is 0 Å². The Balaban J connectivity index is 2.70. The molecule has 0 fully saturated rings. The van der Waals surface area contributed by atoms with Gasteiger partial charge < -0.3 is 9.97 Å². The first kappa shape index (κ1) is 9.15. The van der Waals surface area contributed by atoms with Crippen molar-refractivity contribution < 1.29 is 0 Å². The molecule has 0 amide bonds. The molecule has 2 aromatic rings. The molecule has 0 radical (unpaired) electrons. The lowest BCUT2D eigenvalue weighted by atomic mass is 10.2. The number of hydrogen-bond donors (Lipinski definition) is 2. The standard InChI is InChI=1S/C10H11N3S/c1-6-9(8-4-3-5-11-8)12-7(2)13-10(6)14/h3-5,11H,1-2H3,(H,12,13,14). The van der Waals surface area contributed by atoms with Crippen molar-refractivity contribution in [1.82, 2.24) is 15.0 Å². The lowest BCUT2D eigenvalue weighted by molar-refractivity contribution is 1.02. The maximum atomic E-state index is 5.16. The first-order valence-corrected chi connectivity index (χ1v) is 4.80. The fourth-order valence-electron chi connectivity index (χ4n) is 1.40. The average Bonchev–Trinajstić information content (AvgIpc) is 2.63. The highest BCUT2D eigenvalue weighted by molar-refractivity contribution is 7.71. The Bertz CT molecular complexity index is 497. The van der Waals surface area contributed by atoms with E-state index in [0.717, 1.165) is 22.8 Å². The molecular weight excluding hydrogens is 194 g/mol. The van der Waals surface area contributed by atoms with E-state index in [1.807, 2.05) is 32.2 Å². The molecule has 2 aromatic heterocycles. The van der Waals surface area contributed by atoms with Gasteiger partial charge >= 0.3 is 0 Å². The van der Waals surface area contributed by atoms with Crippen LogP contribution in [-0.4, -0.2) is 15.0 Å². The molecule has 0 saturated carbocycles. The van der Waals surface area contributed by atoms with E-state index in [1.54, 1.807) is 0 Å². The van der Waals surface area contributed by atoms with Crippen LogP contribution in [0.4, 0.5) is 0 Å². The van der Waals surface area contributed by atoms with Crippen molar-refractivity contribution in [2.45, 2.75) is 13.8 Å². The second-order valence-electron chi connectivity index (χ2n) is 3.21. The number of nitrogens with one attached hydrogen (secondary N) is 2. The predicted octanol–water partition coefficient (Wildman–Crippen LogP) is 2.75. The third-order valence-electron chi connectivity index (χ3n) is 2.14. The summed E-state index contributed by atoms with van der Waals surface area (Å²) in [5.74, 6) is 0.838. The summed E-state index contributed by atoms with van der Waals surface area (Å²) in [5, 5.41) is 0. The summed E-state index contributed by atoms with van der Waals surface area (Å²) in [6, 6.07) is 3.97. The molecule has 0 atom stereocenters. The highest BCUT2D eigenvalue weighted by Crippen LogP contribution is 2.18. The van der Waals surface area contributed by atoms with Crippen LogP contribution in [0.1, 0.15) is 11.4 Å². The Hall–Kier alpha value is -1.42. The maximum absolute atomic E-state index is 5.16. The van der Waals surface area contributed by atoms with Gasteiger partial charge in [0.1, 0.15) is 10.5 Å². The molecule has 4 heteroatoms. The van der Waals surface area contributed by atoms with E-state index < -0.39 is 0 Å². The van der Waals surface area contributed by atoms with Gasteiger partial charge in [-0.2, -0.15) is 0 Å². The van der Waals surface area contributed by atoms with Crippen LogP contribution in [0.3, 0.4) is 0 Å². The van der Waals surface area contributed by atoms with Crippen LogP contribution in [0, 0.1) is 18.5 Å². The Labute approximate surface area is 87.2 Å². The molecule has 0 saturated heterocycles.